The van der Waals surface area contributed by atoms with Crippen LogP contribution in [0.2, 0.25) is 5.02 Å². The van der Waals surface area contributed by atoms with Gasteiger partial charge in [-0.15, -0.1) is 0 Å². The van der Waals surface area contributed by atoms with Crippen molar-refractivity contribution >= 4 is 23.3 Å². The molecule has 160 valence electrons. The molecule has 0 bridgehead atoms. The summed E-state index contributed by atoms with van der Waals surface area (Å²) in [5.74, 6) is -0.469. The second-order valence-corrected chi connectivity index (χ2v) is 7.19. The lowest BCUT2D eigenvalue weighted by Crippen LogP contribution is -2.18. The van der Waals surface area contributed by atoms with E-state index in [1.54, 1.807) is 18.2 Å². The van der Waals surface area contributed by atoms with Gasteiger partial charge in [-0.25, -0.2) is 0 Å². The Morgan fingerprint density at radius 1 is 1.00 bits per heavy atom. The second-order valence-electron chi connectivity index (χ2n) is 6.78. The van der Waals surface area contributed by atoms with Crippen LogP contribution in [0.25, 0.3) is 16.8 Å². The summed E-state index contributed by atoms with van der Waals surface area (Å²) in [5, 5.41) is 9.33. The highest BCUT2D eigenvalue weighted by Gasteiger charge is 2.07. The number of halogens is 1. The Labute approximate surface area is 186 Å². The van der Waals surface area contributed by atoms with Crippen LogP contribution in [0.1, 0.15) is 18.1 Å². The third-order valence-corrected chi connectivity index (χ3v) is 4.88. The number of hydrogen-bond acceptors (Lipinski definition) is 4. The van der Waals surface area contributed by atoms with E-state index in [4.69, 9.17) is 26.3 Å². The molecule has 2 N–H and O–H groups in total. The van der Waals surface area contributed by atoms with Gasteiger partial charge in [-0.3, -0.25) is 15.1 Å². The van der Waals surface area contributed by atoms with E-state index >= 15 is 0 Å². The van der Waals surface area contributed by atoms with E-state index in [2.05, 4.69) is 29.7 Å². The summed E-state index contributed by atoms with van der Waals surface area (Å²) in [7, 11) is 0. The number of allylic oxidation sites excluding steroid dienone is 1. The van der Waals surface area contributed by atoms with Gasteiger partial charge in [-0.1, -0.05) is 78.3 Å². The number of benzene rings is 3. The maximum atomic E-state index is 10.9. The van der Waals surface area contributed by atoms with Gasteiger partial charge in [0.25, 0.3) is 0 Å². The number of carboxylic acid groups (broad SMARTS) is 1. The molecule has 31 heavy (non-hydrogen) atoms. The lowest BCUT2D eigenvalue weighted by Gasteiger charge is -2.13. The lowest BCUT2D eigenvalue weighted by molar-refractivity contribution is -0.136. The van der Waals surface area contributed by atoms with E-state index in [0.717, 1.165) is 16.8 Å². The number of hydrogen-bond donors (Lipinski definition) is 2. The van der Waals surface area contributed by atoms with Crippen LogP contribution in [-0.2, 0) is 16.1 Å². The molecule has 0 aliphatic heterocycles. The molecule has 0 aliphatic carbocycles. The molecule has 3 aromatic rings. The van der Waals surface area contributed by atoms with E-state index in [0.29, 0.717) is 16.3 Å². The van der Waals surface area contributed by atoms with Crippen molar-refractivity contribution in [2.24, 2.45) is 0 Å². The summed E-state index contributed by atoms with van der Waals surface area (Å²) in [5.41, 5.74) is 7.75. The fourth-order valence-corrected chi connectivity index (χ4v) is 3.19. The first-order valence-corrected chi connectivity index (χ1v) is 10.3. The summed E-state index contributed by atoms with van der Waals surface area (Å²) in [6, 6.07) is 23.4. The summed E-state index contributed by atoms with van der Waals surface area (Å²) in [4.78, 5) is 16.4. The fraction of sp³-hybridized carbons (Fsp3) is 0.160. The number of carboxylic acids is 1. The highest BCUT2D eigenvalue weighted by molar-refractivity contribution is 6.32. The average molecular weight is 438 g/mol. The van der Waals surface area contributed by atoms with Crippen molar-refractivity contribution in [3.05, 3.63) is 95.0 Å². The van der Waals surface area contributed by atoms with Gasteiger partial charge >= 0.3 is 5.97 Å². The van der Waals surface area contributed by atoms with Crippen molar-refractivity contribution in [1.82, 2.24) is 5.48 Å². The maximum Gasteiger partial charge on any atom is 0.307 e. The first kappa shape index (κ1) is 22.4. The van der Waals surface area contributed by atoms with Crippen LogP contribution in [0.15, 0.2) is 78.9 Å². The molecule has 0 radical (unpaired) electrons. The molecule has 5 nitrogen and oxygen atoms in total. The Morgan fingerprint density at radius 2 is 1.71 bits per heavy atom. The van der Waals surface area contributed by atoms with E-state index in [9.17, 15) is 4.79 Å². The van der Waals surface area contributed by atoms with Gasteiger partial charge in [0.2, 0.25) is 0 Å². The molecule has 3 aromatic carbocycles. The zero-order chi connectivity index (χ0) is 22.1. The second kappa shape index (κ2) is 11.2. The van der Waals surface area contributed by atoms with Gasteiger partial charge in [-0.2, -0.15) is 0 Å². The van der Waals surface area contributed by atoms with Gasteiger partial charge in [0.05, 0.1) is 17.1 Å². The van der Waals surface area contributed by atoms with E-state index in [1.165, 1.54) is 5.56 Å². The normalized spacial score (nSPS) is 11.2. The Morgan fingerprint density at radius 3 is 2.39 bits per heavy atom. The quantitative estimate of drug-likeness (QED) is 0.319. The average Bonchev–Trinajstić information content (AvgIpc) is 2.78. The molecule has 0 unspecified atom stereocenters. The van der Waals surface area contributed by atoms with Crippen LogP contribution in [0, 0.1) is 0 Å². The highest BCUT2D eigenvalue weighted by Crippen LogP contribution is 2.26. The molecule has 0 saturated carbocycles. The Hall–Kier alpha value is -3.28. The Balaban J connectivity index is 1.49. The predicted molar refractivity (Wildman–Crippen MR) is 123 cm³/mol. The number of nitrogens with one attached hydrogen (secondary N) is 1. The van der Waals surface area contributed by atoms with Crippen LogP contribution < -0.4 is 10.2 Å². The molecular weight excluding hydrogens is 414 g/mol. The summed E-state index contributed by atoms with van der Waals surface area (Å²) >= 11 is 6.12. The predicted octanol–water partition coefficient (Wildman–Crippen LogP) is 5.60. The van der Waals surface area contributed by atoms with Crippen molar-refractivity contribution < 1.29 is 19.5 Å². The molecule has 0 aliphatic rings. The molecule has 0 heterocycles. The molecule has 0 saturated heterocycles. The molecule has 6 heteroatoms. The zero-order valence-corrected chi connectivity index (χ0v) is 17.9. The summed E-state index contributed by atoms with van der Waals surface area (Å²) < 4.78 is 5.64. The van der Waals surface area contributed by atoms with E-state index in [1.807, 2.05) is 43.3 Å². The SMILES string of the molecule is CC=C(NOCCOc1cc(CC(=O)O)ccc1Cl)c1ccc(-c2ccccc2)cc1. The van der Waals surface area contributed by atoms with Crippen molar-refractivity contribution in [3.63, 3.8) is 0 Å². The van der Waals surface area contributed by atoms with Crippen molar-refractivity contribution in [3.8, 4) is 16.9 Å². The minimum Gasteiger partial charge on any atom is -0.490 e. The van der Waals surface area contributed by atoms with Gasteiger partial charge < -0.3 is 9.84 Å². The maximum absolute atomic E-state index is 10.9. The monoisotopic (exact) mass is 437 g/mol. The van der Waals surface area contributed by atoms with Gasteiger partial charge in [0.15, 0.2) is 0 Å². The first-order valence-electron chi connectivity index (χ1n) is 9.90. The third kappa shape index (κ3) is 6.60. The standard InChI is InChI=1S/C25H24ClNO4/c1-2-23(21-11-9-20(10-12-21)19-6-4-3-5-7-19)27-31-15-14-30-24-16-18(17-25(28)29)8-13-22(24)26/h2-13,16,27H,14-15,17H2,1H3,(H,28,29). The number of ether oxygens (including phenoxy) is 1. The minimum atomic E-state index is -0.906. The highest BCUT2D eigenvalue weighted by atomic mass is 35.5. The Bertz CT molecular complexity index is 1030. The van der Waals surface area contributed by atoms with Crippen molar-refractivity contribution in [1.29, 1.82) is 0 Å². The number of rotatable bonds is 10. The number of carbonyl (C=O) groups is 1. The minimum absolute atomic E-state index is 0.0840. The van der Waals surface area contributed by atoms with Crippen LogP contribution in [-0.4, -0.2) is 24.3 Å². The molecule has 0 amide bonds. The van der Waals surface area contributed by atoms with E-state index in [-0.39, 0.29) is 19.6 Å². The molecule has 0 spiro atoms. The first-order chi connectivity index (χ1) is 15.1. The van der Waals surface area contributed by atoms with Gasteiger partial charge in [0.1, 0.15) is 19.0 Å². The van der Waals surface area contributed by atoms with Crippen molar-refractivity contribution in [2.75, 3.05) is 13.2 Å². The van der Waals surface area contributed by atoms with E-state index < -0.39 is 5.97 Å². The Kier molecular flexibility index (Phi) is 8.10. The molecule has 0 aromatic heterocycles. The largest absolute Gasteiger partial charge is 0.490 e. The third-order valence-electron chi connectivity index (χ3n) is 4.57. The van der Waals surface area contributed by atoms with Crippen LogP contribution in [0.5, 0.6) is 5.75 Å². The van der Waals surface area contributed by atoms with Crippen LogP contribution in [0.3, 0.4) is 0 Å². The topological polar surface area (TPSA) is 67.8 Å². The number of hydroxylamine groups is 1. The lowest BCUT2D eigenvalue weighted by atomic mass is 10.0. The smallest absolute Gasteiger partial charge is 0.307 e. The molecule has 0 atom stereocenters. The molecular formula is C25H24ClNO4. The number of aliphatic carboxylic acids is 1. The zero-order valence-electron chi connectivity index (χ0n) is 17.2. The fourth-order valence-electron chi connectivity index (χ4n) is 3.02. The van der Waals surface area contributed by atoms with Crippen molar-refractivity contribution in [2.45, 2.75) is 13.3 Å². The summed E-state index contributed by atoms with van der Waals surface area (Å²) in [6.07, 6.45) is 1.85. The molecule has 3 rings (SSSR count). The molecule has 0 fully saturated rings. The van der Waals surface area contributed by atoms with Crippen LogP contribution >= 0.6 is 11.6 Å². The van der Waals surface area contributed by atoms with Gasteiger partial charge in [0, 0.05) is 0 Å². The summed E-state index contributed by atoms with van der Waals surface area (Å²) in [6.45, 7) is 2.47. The van der Waals surface area contributed by atoms with Crippen LogP contribution in [0.4, 0.5) is 0 Å². The van der Waals surface area contributed by atoms with Gasteiger partial charge in [-0.05, 0) is 41.3 Å².